The van der Waals surface area contributed by atoms with Gasteiger partial charge in [-0.2, -0.15) is 0 Å². The van der Waals surface area contributed by atoms with Crippen molar-refractivity contribution in [2.45, 2.75) is 31.8 Å². The van der Waals surface area contributed by atoms with Crippen molar-refractivity contribution in [1.29, 1.82) is 0 Å². The zero-order valence-corrected chi connectivity index (χ0v) is 13.3. The predicted octanol–water partition coefficient (Wildman–Crippen LogP) is 2.90. The van der Waals surface area contributed by atoms with Gasteiger partial charge in [-0.25, -0.2) is 4.98 Å². The number of nitrogens with zero attached hydrogens (tertiary/aromatic N) is 2. The van der Waals surface area contributed by atoms with Crippen molar-refractivity contribution in [3.05, 3.63) is 41.7 Å². The third-order valence-corrected chi connectivity index (χ3v) is 4.92. The molecule has 4 heterocycles. The van der Waals surface area contributed by atoms with E-state index in [0.717, 1.165) is 36.9 Å². The molecule has 4 rings (SSSR count). The molecule has 2 aliphatic rings. The average molecular weight is 311 g/mol. The molecule has 2 aromatic rings. The van der Waals surface area contributed by atoms with E-state index in [1.54, 1.807) is 0 Å². The van der Waals surface area contributed by atoms with Crippen LogP contribution < -0.4 is 0 Å². The maximum absolute atomic E-state index is 12.7. The first-order valence-corrected chi connectivity index (χ1v) is 8.21. The van der Waals surface area contributed by atoms with Crippen LogP contribution in [-0.2, 0) is 4.74 Å². The minimum absolute atomic E-state index is 0.00728. The van der Waals surface area contributed by atoms with Crippen LogP contribution in [0, 0.1) is 0 Å². The first-order valence-electron chi connectivity index (χ1n) is 8.21. The Hall–Kier alpha value is -2.14. The van der Waals surface area contributed by atoms with Gasteiger partial charge >= 0.3 is 0 Å². The highest BCUT2D eigenvalue weighted by atomic mass is 16.5. The molecule has 0 unspecified atom stereocenters. The number of aromatic amines is 1. The number of carbonyl (C=O) groups excluding carboxylic acids is 1. The number of nitrogens with one attached hydrogen (secondary N) is 1. The lowest BCUT2D eigenvalue weighted by Gasteiger charge is -2.42. The molecule has 23 heavy (non-hydrogen) atoms. The number of amides is 1. The number of likely N-dealkylation sites (tertiary alicyclic amines) is 1. The summed E-state index contributed by atoms with van der Waals surface area (Å²) in [5.41, 5.74) is 2.51. The molecule has 0 atom stereocenters. The van der Waals surface area contributed by atoms with Crippen LogP contribution in [0.15, 0.2) is 36.0 Å². The summed E-state index contributed by atoms with van der Waals surface area (Å²) in [5, 5.41) is 1.02. The second kappa shape index (κ2) is 5.49. The van der Waals surface area contributed by atoms with Crippen molar-refractivity contribution in [2.24, 2.45) is 0 Å². The molecule has 2 aromatic heterocycles. The van der Waals surface area contributed by atoms with E-state index in [0.29, 0.717) is 18.8 Å². The summed E-state index contributed by atoms with van der Waals surface area (Å²) < 4.78 is 6.02. The molecule has 120 valence electrons. The number of hydrogen-bond donors (Lipinski definition) is 1. The van der Waals surface area contributed by atoms with Gasteiger partial charge in [0.05, 0.1) is 12.2 Å². The van der Waals surface area contributed by atoms with Crippen LogP contribution in [0.25, 0.3) is 11.0 Å². The fourth-order valence-corrected chi connectivity index (χ4v) is 3.57. The summed E-state index contributed by atoms with van der Waals surface area (Å²) in [4.78, 5) is 22.1. The van der Waals surface area contributed by atoms with Gasteiger partial charge in [-0.3, -0.25) is 4.79 Å². The Balaban J connectivity index is 1.49. The number of carbonyl (C=O) groups is 1. The van der Waals surface area contributed by atoms with Gasteiger partial charge in [0.15, 0.2) is 0 Å². The summed E-state index contributed by atoms with van der Waals surface area (Å²) in [6.07, 6.45) is 6.85. The lowest BCUT2D eigenvalue weighted by molar-refractivity contribution is -0.0522. The highest BCUT2D eigenvalue weighted by molar-refractivity contribution is 5.94. The number of fused-ring (bicyclic) bond motifs is 1. The standard InChI is InChI=1S/C18H21N3O2/c1-13-5-11-23-18(12-13)6-9-21(10-7-18)17(22)15-3-2-14-4-8-19-16(14)20-15/h2-4,8,12H,5-7,9-11H2,1H3,(H,19,20). The van der Waals surface area contributed by atoms with Gasteiger partial charge in [-0.1, -0.05) is 11.6 Å². The fraction of sp³-hybridized carbons (Fsp3) is 0.444. The molecule has 1 fully saturated rings. The Morgan fingerprint density at radius 2 is 2.13 bits per heavy atom. The van der Waals surface area contributed by atoms with Crippen molar-refractivity contribution >= 4 is 16.9 Å². The van der Waals surface area contributed by atoms with Gasteiger partial charge in [0.2, 0.25) is 0 Å². The number of aromatic nitrogens is 2. The van der Waals surface area contributed by atoms with Crippen molar-refractivity contribution in [1.82, 2.24) is 14.9 Å². The monoisotopic (exact) mass is 311 g/mol. The Bertz CT molecular complexity index is 769. The van der Waals surface area contributed by atoms with Crippen molar-refractivity contribution in [3.8, 4) is 0 Å². The predicted molar refractivity (Wildman–Crippen MR) is 88.3 cm³/mol. The van der Waals surface area contributed by atoms with Crippen molar-refractivity contribution in [3.63, 3.8) is 0 Å². The van der Waals surface area contributed by atoms with E-state index < -0.39 is 0 Å². The van der Waals surface area contributed by atoms with Gasteiger partial charge in [-0.15, -0.1) is 0 Å². The average Bonchev–Trinajstić information content (AvgIpc) is 3.02. The number of ether oxygens (including phenoxy) is 1. The topological polar surface area (TPSA) is 58.2 Å². The second-order valence-corrected chi connectivity index (χ2v) is 6.56. The van der Waals surface area contributed by atoms with Crippen LogP contribution in [-0.4, -0.2) is 46.1 Å². The molecule has 1 N–H and O–H groups in total. The summed E-state index contributed by atoms with van der Waals surface area (Å²) >= 11 is 0. The van der Waals surface area contributed by atoms with E-state index in [1.807, 2.05) is 29.3 Å². The molecule has 1 amide bonds. The Labute approximate surface area is 135 Å². The molecule has 0 aromatic carbocycles. The molecular weight excluding hydrogens is 290 g/mol. The van der Waals surface area contributed by atoms with Gasteiger partial charge in [0, 0.05) is 24.7 Å². The van der Waals surface area contributed by atoms with Gasteiger partial charge in [0.25, 0.3) is 5.91 Å². The lowest BCUT2D eigenvalue weighted by Crippen LogP contribution is -2.48. The zero-order chi connectivity index (χ0) is 15.9. The quantitative estimate of drug-likeness (QED) is 0.824. The zero-order valence-electron chi connectivity index (χ0n) is 13.3. The minimum atomic E-state index is -0.157. The lowest BCUT2D eigenvalue weighted by atomic mass is 9.87. The molecule has 1 saturated heterocycles. The van der Waals surface area contributed by atoms with Crippen LogP contribution in [0.4, 0.5) is 0 Å². The molecule has 1 spiro atoms. The highest BCUT2D eigenvalue weighted by Gasteiger charge is 2.37. The molecule has 5 nitrogen and oxygen atoms in total. The Kier molecular flexibility index (Phi) is 3.45. The van der Waals surface area contributed by atoms with Gasteiger partial charge < -0.3 is 14.6 Å². The van der Waals surface area contributed by atoms with Crippen LogP contribution in [0.1, 0.15) is 36.7 Å². The number of pyridine rings is 1. The molecular formula is C18H21N3O2. The van der Waals surface area contributed by atoms with Crippen molar-refractivity contribution in [2.75, 3.05) is 19.7 Å². The van der Waals surface area contributed by atoms with E-state index >= 15 is 0 Å². The van der Waals surface area contributed by atoms with E-state index in [2.05, 4.69) is 23.0 Å². The number of H-pyrrole nitrogens is 1. The largest absolute Gasteiger partial charge is 0.370 e. The van der Waals surface area contributed by atoms with E-state index in [-0.39, 0.29) is 11.5 Å². The molecule has 0 aliphatic carbocycles. The molecule has 0 radical (unpaired) electrons. The second-order valence-electron chi connectivity index (χ2n) is 6.56. The van der Waals surface area contributed by atoms with E-state index in [9.17, 15) is 4.79 Å². The van der Waals surface area contributed by atoms with Gasteiger partial charge in [0.1, 0.15) is 11.3 Å². The smallest absolute Gasteiger partial charge is 0.272 e. The Morgan fingerprint density at radius 3 is 2.91 bits per heavy atom. The molecule has 5 heteroatoms. The van der Waals surface area contributed by atoms with Crippen LogP contribution in [0.2, 0.25) is 0 Å². The third-order valence-electron chi connectivity index (χ3n) is 4.92. The summed E-state index contributed by atoms with van der Waals surface area (Å²) in [6, 6.07) is 5.70. The summed E-state index contributed by atoms with van der Waals surface area (Å²) in [7, 11) is 0. The first kappa shape index (κ1) is 14.5. The van der Waals surface area contributed by atoms with Crippen LogP contribution in [0.3, 0.4) is 0 Å². The van der Waals surface area contributed by atoms with Crippen LogP contribution >= 0.6 is 0 Å². The maximum Gasteiger partial charge on any atom is 0.272 e. The summed E-state index contributed by atoms with van der Waals surface area (Å²) in [5.74, 6) is 0.00728. The molecule has 2 aliphatic heterocycles. The SMILES string of the molecule is CC1=CC2(CCN(C(=O)c3ccc4cc[nH]c4n3)CC2)OCC1. The van der Waals surface area contributed by atoms with E-state index in [4.69, 9.17) is 4.74 Å². The number of piperidine rings is 1. The highest BCUT2D eigenvalue weighted by Crippen LogP contribution is 2.33. The molecule has 0 bridgehead atoms. The maximum atomic E-state index is 12.7. The van der Waals surface area contributed by atoms with Gasteiger partial charge in [-0.05, 0) is 44.4 Å². The number of rotatable bonds is 1. The van der Waals surface area contributed by atoms with E-state index in [1.165, 1.54) is 5.57 Å². The Morgan fingerprint density at radius 1 is 1.30 bits per heavy atom. The number of hydrogen-bond acceptors (Lipinski definition) is 3. The summed E-state index contributed by atoms with van der Waals surface area (Å²) in [6.45, 7) is 4.39. The third kappa shape index (κ3) is 2.65. The first-order chi connectivity index (χ1) is 11.2. The minimum Gasteiger partial charge on any atom is -0.370 e. The van der Waals surface area contributed by atoms with Crippen molar-refractivity contribution < 1.29 is 9.53 Å². The van der Waals surface area contributed by atoms with Crippen LogP contribution in [0.5, 0.6) is 0 Å². The molecule has 0 saturated carbocycles. The fourth-order valence-electron chi connectivity index (χ4n) is 3.57. The normalized spacial score (nSPS) is 20.7.